The molecule has 0 spiro atoms. The van der Waals surface area contributed by atoms with Gasteiger partial charge in [-0.2, -0.15) is 5.10 Å². The van der Waals surface area contributed by atoms with Crippen molar-refractivity contribution < 1.29 is 4.79 Å². The molecule has 1 rings (SSSR count). The fourth-order valence-electron chi connectivity index (χ4n) is 1.85. The number of carbonyl (C=O) groups excluding carboxylic acids is 1. The van der Waals surface area contributed by atoms with Crippen molar-refractivity contribution in [1.82, 2.24) is 15.1 Å². The van der Waals surface area contributed by atoms with Gasteiger partial charge in [0, 0.05) is 6.54 Å². The average molecular weight is 282 g/mol. The fourth-order valence-corrected chi connectivity index (χ4v) is 2.18. The minimum atomic E-state index is -0.298. The van der Waals surface area contributed by atoms with Crippen LogP contribution in [-0.2, 0) is 13.0 Å². The van der Waals surface area contributed by atoms with Gasteiger partial charge in [-0.15, -0.1) is 0 Å². The van der Waals surface area contributed by atoms with Crippen LogP contribution in [0.5, 0.6) is 0 Å². The zero-order valence-electron chi connectivity index (χ0n) is 11.9. The molecule has 1 unspecified atom stereocenters. The Balaban J connectivity index is 2.93. The van der Waals surface area contributed by atoms with Gasteiger partial charge in [-0.25, -0.2) is 0 Å². The summed E-state index contributed by atoms with van der Waals surface area (Å²) in [4.78, 5) is 12.6. The van der Waals surface area contributed by atoms with Gasteiger partial charge in [-0.3, -0.25) is 9.48 Å². The van der Waals surface area contributed by atoms with E-state index in [1.54, 1.807) is 4.68 Å². The van der Waals surface area contributed by atoms with Crippen molar-refractivity contribution in [3.05, 3.63) is 17.5 Å². The first-order valence-electron chi connectivity index (χ1n) is 6.57. The molecule has 3 N–H and O–H groups in total. The quantitative estimate of drug-likeness (QED) is 0.776. The minimum Gasteiger partial charge on any atom is -0.392 e. The van der Waals surface area contributed by atoms with Crippen molar-refractivity contribution in [3.8, 4) is 0 Å². The van der Waals surface area contributed by atoms with Gasteiger partial charge in [-0.1, -0.05) is 33.0 Å². The van der Waals surface area contributed by atoms with E-state index in [4.69, 9.17) is 18.0 Å². The number of rotatable bonds is 6. The highest BCUT2D eigenvalue weighted by molar-refractivity contribution is 7.80. The van der Waals surface area contributed by atoms with Gasteiger partial charge < -0.3 is 11.1 Å². The smallest absolute Gasteiger partial charge is 0.270 e. The molecule has 1 heterocycles. The lowest BCUT2D eigenvalue weighted by molar-refractivity contribution is 0.0929. The molecule has 1 aromatic heterocycles. The Kier molecular flexibility index (Phi) is 5.47. The summed E-state index contributed by atoms with van der Waals surface area (Å²) in [6.45, 7) is 8.56. The zero-order valence-corrected chi connectivity index (χ0v) is 12.8. The molecule has 19 heavy (non-hydrogen) atoms. The summed E-state index contributed by atoms with van der Waals surface area (Å²) in [5, 5.41) is 7.24. The number of nitrogens with zero attached hydrogens (tertiary/aromatic N) is 2. The number of hydrogen-bond donors (Lipinski definition) is 2. The molecule has 6 heteroatoms. The monoisotopic (exact) mass is 282 g/mol. The third-order valence-corrected chi connectivity index (χ3v) is 3.24. The number of nitrogens with two attached hydrogens (primary N) is 1. The highest BCUT2D eigenvalue weighted by Gasteiger charge is 2.22. The van der Waals surface area contributed by atoms with Crippen LogP contribution in [0.25, 0.3) is 0 Å². The lowest BCUT2D eigenvalue weighted by atomic mass is 10.0. The van der Waals surface area contributed by atoms with E-state index >= 15 is 0 Å². The molecule has 1 atom stereocenters. The molecule has 0 fully saturated rings. The Labute approximate surface area is 119 Å². The first-order chi connectivity index (χ1) is 8.90. The van der Waals surface area contributed by atoms with Crippen molar-refractivity contribution in [2.75, 3.05) is 0 Å². The van der Waals surface area contributed by atoms with E-state index in [0.717, 1.165) is 12.1 Å². The Morgan fingerprint density at radius 3 is 2.58 bits per heavy atom. The van der Waals surface area contributed by atoms with Gasteiger partial charge in [0.15, 0.2) is 0 Å². The van der Waals surface area contributed by atoms with Gasteiger partial charge in [0.25, 0.3) is 5.91 Å². The highest BCUT2D eigenvalue weighted by Crippen LogP contribution is 2.08. The van der Waals surface area contributed by atoms with Gasteiger partial charge in [0.1, 0.15) is 5.69 Å². The predicted octanol–water partition coefficient (Wildman–Crippen LogP) is 1.51. The topological polar surface area (TPSA) is 72.9 Å². The number of aromatic nitrogens is 2. The largest absolute Gasteiger partial charge is 0.392 e. The number of thiocarbonyl (C=S) groups is 1. The number of nitrogens with one attached hydrogen (secondary N) is 1. The van der Waals surface area contributed by atoms with Gasteiger partial charge >= 0.3 is 0 Å². The maximum Gasteiger partial charge on any atom is 0.270 e. The Morgan fingerprint density at radius 1 is 1.53 bits per heavy atom. The number of carbonyl (C=O) groups is 1. The molecule has 0 aromatic carbocycles. The van der Waals surface area contributed by atoms with Crippen LogP contribution >= 0.6 is 12.2 Å². The van der Waals surface area contributed by atoms with Crippen LogP contribution in [0, 0.1) is 5.92 Å². The van der Waals surface area contributed by atoms with E-state index in [2.05, 4.69) is 10.4 Å². The molecule has 0 aliphatic rings. The molecule has 0 aliphatic carbocycles. The van der Waals surface area contributed by atoms with Crippen molar-refractivity contribution in [1.29, 1.82) is 0 Å². The minimum absolute atomic E-state index is 0.157. The second kappa shape index (κ2) is 6.65. The normalized spacial score (nSPS) is 12.5. The maximum absolute atomic E-state index is 12.3. The number of hydrogen-bond acceptors (Lipinski definition) is 3. The summed E-state index contributed by atoms with van der Waals surface area (Å²) in [6.07, 6.45) is 0.802. The molecule has 1 amide bonds. The molecule has 0 saturated carbocycles. The summed E-state index contributed by atoms with van der Waals surface area (Å²) in [5.74, 6) is -0.0226. The third-order valence-electron chi connectivity index (χ3n) is 2.98. The predicted molar refractivity (Wildman–Crippen MR) is 80.2 cm³/mol. The van der Waals surface area contributed by atoms with Gasteiger partial charge in [-0.05, 0) is 25.3 Å². The van der Waals surface area contributed by atoms with Crippen LogP contribution in [-0.4, -0.2) is 26.7 Å². The Morgan fingerprint density at radius 2 is 2.16 bits per heavy atom. The summed E-state index contributed by atoms with van der Waals surface area (Å²) >= 11 is 4.99. The molecular formula is C13H22N4OS. The SMILES string of the molecule is CCc1cc(C(=O)NC(C(N)=S)C(C)C)n(CC)n1. The number of aryl methyl sites for hydroxylation is 2. The molecule has 106 valence electrons. The van der Waals surface area contributed by atoms with Crippen molar-refractivity contribution in [2.45, 2.75) is 46.7 Å². The Bertz CT molecular complexity index is 467. The van der Waals surface area contributed by atoms with Crippen molar-refractivity contribution in [3.63, 3.8) is 0 Å². The molecule has 1 aromatic rings. The molecule has 0 radical (unpaired) electrons. The lowest BCUT2D eigenvalue weighted by Crippen LogP contribution is -2.47. The van der Waals surface area contributed by atoms with E-state index in [9.17, 15) is 4.79 Å². The van der Waals surface area contributed by atoms with E-state index < -0.39 is 0 Å². The Hall–Kier alpha value is -1.43. The van der Waals surface area contributed by atoms with Crippen LogP contribution in [0.2, 0.25) is 0 Å². The van der Waals surface area contributed by atoms with E-state index in [1.165, 1.54) is 0 Å². The first kappa shape index (κ1) is 15.6. The molecule has 0 saturated heterocycles. The number of amides is 1. The standard InChI is InChI=1S/C13H22N4OS/c1-5-9-7-10(17(6-2)16-9)13(18)15-11(8(3)4)12(14)19/h7-8,11H,5-6H2,1-4H3,(H2,14,19)(H,15,18). The first-order valence-corrected chi connectivity index (χ1v) is 6.98. The fraction of sp³-hybridized carbons (Fsp3) is 0.615. The molecule has 0 bridgehead atoms. The summed E-state index contributed by atoms with van der Waals surface area (Å²) < 4.78 is 1.70. The van der Waals surface area contributed by atoms with Crippen LogP contribution in [0.4, 0.5) is 0 Å². The van der Waals surface area contributed by atoms with Crippen molar-refractivity contribution >= 4 is 23.1 Å². The summed E-state index contributed by atoms with van der Waals surface area (Å²) in [5.41, 5.74) is 7.12. The second-order valence-electron chi connectivity index (χ2n) is 4.79. The maximum atomic E-state index is 12.3. The third kappa shape index (κ3) is 3.76. The average Bonchev–Trinajstić information content (AvgIpc) is 2.78. The molecular weight excluding hydrogens is 260 g/mol. The van der Waals surface area contributed by atoms with Crippen LogP contribution in [0.15, 0.2) is 6.07 Å². The van der Waals surface area contributed by atoms with Gasteiger partial charge in [0.05, 0.1) is 16.7 Å². The van der Waals surface area contributed by atoms with E-state index in [-0.39, 0.29) is 17.9 Å². The zero-order chi connectivity index (χ0) is 14.6. The van der Waals surface area contributed by atoms with Crippen molar-refractivity contribution in [2.24, 2.45) is 11.7 Å². The van der Waals surface area contributed by atoms with Crippen LogP contribution < -0.4 is 11.1 Å². The van der Waals surface area contributed by atoms with Crippen LogP contribution in [0.3, 0.4) is 0 Å². The summed E-state index contributed by atoms with van der Waals surface area (Å²) in [7, 11) is 0. The van der Waals surface area contributed by atoms with E-state index in [0.29, 0.717) is 17.2 Å². The molecule has 5 nitrogen and oxygen atoms in total. The van der Waals surface area contributed by atoms with Gasteiger partial charge in [0.2, 0.25) is 0 Å². The van der Waals surface area contributed by atoms with E-state index in [1.807, 2.05) is 33.8 Å². The molecule has 0 aliphatic heterocycles. The van der Waals surface area contributed by atoms with Crippen LogP contribution in [0.1, 0.15) is 43.9 Å². The second-order valence-corrected chi connectivity index (χ2v) is 5.26. The lowest BCUT2D eigenvalue weighted by Gasteiger charge is -2.21. The summed E-state index contributed by atoms with van der Waals surface area (Å²) in [6, 6.07) is 1.52. The highest BCUT2D eigenvalue weighted by atomic mass is 32.1.